The average Bonchev–Trinajstić information content (AvgIpc) is 2.36. The molecule has 0 aliphatic rings. The van der Waals surface area contributed by atoms with Gasteiger partial charge in [-0.2, -0.15) is 0 Å². The maximum atomic E-state index is 4.13. The van der Waals surface area contributed by atoms with Crippen molar-refractivity contribution in [3.8, 4) is 0 Å². The Morgan fingerprint density at radius 2 is 1.00 bits per heavy atom. The van der Waals surface area contributed by atoms with Gasteiger partial charge in [-0.05, 0) is 19.3 Å². The van der Waals surface area contributed by atoms with Gasteiger partial charge in [-0.25, -0.2) is 0 Å². The molecular formula is C18H36. The van der Waals surface area contributed by atoms with Crippen LogP contribution in [0.4, 0.5) is 0 Å². The summed E-state index contributed by atoms with van der Waals surface area (Å²) in [5.41, 5.74) is 1.47. The molecule has 0 fully saturated rings. The minimum Gasteiger partial charge on any atom is -0.0999 e. The predicted octanol–water partition coefficient (Wildman–Crippen LogP) is 7.04. The van der Waals surface area contributed by atoms with E-state index in [1.807, 2.05) is 0 Å². The summed E-state index contributed by atoms with van der Waals surface area (Å²) in [5, 5.41) is 0. The van der Waals surface area contributed by atoms with Gasteiger partial charge in [0, 0.05) is 0 Å². The molecule has 0 heterocycles. The second kappa shape index (κ2) is 14.8. The molecule has 0 amide bonds. The van der Waals surface area contributed by atoms with Gasteiger partial charge >= 0.3 is 0 Å². The molecule has 0 unspecified atom stereocenters. The van der Waals surface area contributed by atoms with Gasteiger partial charge in [-0.1, -0.05) is 96.6 Å². The van der Waals surface area contributed by atoms with Crippen molar-refractivity contribution in [2.75, 3.05) is 0 Å². The monoisotopic (exact) mass is 252 g/mol. The van der Waals surface area contributed by atoms with Crippen LogP contribution in [-0.2, 0) is 0 Å². The lowest BCUT2D eigenvalue weighted by molar-refractivity contribution is 0.548. The Hall–Kier alpha value is -0.260. The third-order valence-corrected chi connectivity index (χ3v) is 3.74. The molecule has 0 aromatic heterocycles. The highest BCUT2D eigenvalue weighted by molar-refractivity contribution is 4.92. The number of hydrogen-bond donors (Lipinski definition) is 0. The second-order valence-corrected chi connectivity index (χ2v) is 5.79. The Balaban J connectivity index is 3.01. The van der Waals surface area contributed by atoms with Crippen molar-refractivity contribution >= 4 is 0 Å². The maximum Gasteiger partial charge on any atom is -0.0323 e. The first-order valence-electron chi connectivity index (χ1n) is 8.47. The lowest BCUT2D eigenvalue weighted by Gasteiger charge is -2.04. The molecule has 0 radical (unpaired) electrons. The van der Waals surface area contributed by atoms with Gasteiger partial charge in [-0.3, -0.25) is 0 Å². The van der Waals surface area contributed by atoms with Crippen LogP contribution in [0.1, 0.15) is 104 Å². The van der Waals surface area contributed by atoms with Crippen LogP contribution < -0.4 is 0 Å². The van der Waals surface area contributed by atoms with E-state index in [-0.39, 0.29) is 0 Å². The highest BCUT2D eigenvalue weighted by Crippen LogP contribution is 2.15. The van der Waals surface area contributed by atoms with E-state index < -0.39 is 0 Å². The van der Waals surface area contributed by atoms with Gasteiger partial charge in [0.05, 0.1) is 0 Å². The number of hydrogen-bond acceptors (Lipinski definition) is 0. The molecule has 0 N–H and O–H groups in total. The molecule has 0 aliphatic heterocycles. The van der Waals surface area contributed by atoms with E-state index in [4.69, 9.17) is 0 Å². The van der Waals surface area contributed by atoms with Gasteiger partial charge in [0.2, 0.25) is 0 Å². The standard InChI is InChI=1S/C18H36/c1-4-6-7-8-9-10-11-12-13-14-15-17-18(3)16-5-2/h3-17H2,1-2H3. The molecule has 0 rings (SSSR count). The Morgan fingerprint density at radius 3 is 1.44 bits per heavy atom. The minimum atomic E-state index is 1.23. The Morgan fingerprint density at radius 1 is 0.556 bits per heavy atom. The van der Waals surface area contributed by atoms with Crippen molar-refractivity contribution < 1.29 is 0 Å². The lowest BCUT2D eigenvalue weighted by Crippen LogP contribution is -1.84. The van der Waals surface area contributed by atoms with Crippen LogP contribution in [0.2, 0.25) is 0 Å². The van der Waals surface area contributed by atoms with Crippen LogP contribution in [0.5, 0.6) is 0 Å². The summed E-state index contributed by atoms with van der Waals surface area (Å²) in [6, 6.07) is 0. The maximum absolute atomic E-state index is 4.13. The van der Waals surface area contributed by atoms with E-state index >= 15 is 0 Å². The van der Waals surface area contributed by atoms with Crippen LogP contribution in [-0.4, -0.2) is 0 Å². The van der Waals surface area contributed by atoms with Crippen LogP contribution in [0, 0.1) is 0 Å². The molecule has 0 heteroatoms. The Labute approximate surface area is 116 Å². The van der Waals surface area contributed by atoms with Gasteiger partial charge in [0.25, 0.3) is 0 Å². The molecule has 0 nitrogen and oxygen atoms in total. The van der Waals surface area contributed by atoms with Gasteiger partial charge < -0.3 is 0 Å². The fraction of sp³-hybridized carbons (Fsp3) is 0.889. The zero-order chi connectivity index (χ0) is 13.5. The largest absolute Gasteiger partial charge is 0.0999 e. The number of unbranched alkanes of at least 4 members (excludes halogenated alkanes) is 10. The third kappa shape index (κ3) is 13.8. The molecule has 18 heavy (non-hydrogen) atoms. The van der Waals surface area contributed by atoms with Crippen molar-refractivity contribution in [1.82, 2.24) is 0 Å². The topological polar surface area (TPSA) is 0 Å². The summed E-state index contributed by atoms with van der Waals surface area (Å²) in [6.45, 7) is 8.66. The lowest BCUT2D eigenvalue weighted by atomic mass is 10.0. The molecule has 0 saturated heterocycles. The Kier molecular flexibility index (Phi) is 14.6. The summed E-state index contributed by atoms with van der Waals surface area (Å²) in [5.74, 6) is 0. The van der Waals surface area contributed by atoms with Crippen LogP contribution in [0.3, 0.4) is 0 Å². The van der Waals surface area contributed by atoms with E-state index in [2.05, 4.69) is 20.4 Å². The molecule has 0 aromatic carbocycles. The van der Waals surface area contributed by atoms with Crippen LogP contribution in [0.15, 0.2) is 12.2 Å². The zero-order valence-corrected chi connectivity index (χ0v) is 13.1. The van der Waals surface area contributed by atoms with Crippen LogP contribution >= 0.6 is 0 Å². The zero-order valence-electron chi connectivity index (χ0n) is 13.1. The van der Waals surface area contributed by atoms with E-state index in [9.17, 15) is 0 Å². The van der Waals surface area contributed by atoms with Gasteiger partial charge in [0.15, 0.2) is 0 Å². The van der Waals surface area contributed by atoms with Crippen molar-refractivity contribution in [1.29, 1.82) is 0 Å². The van der Waals surface area contributed by atoms with E-state index in [0.717, 1.165) is 0 Å². The van der Waals surface area contributed by atoms with E-state index in [1.165, 1.54) is 95.5 Å². The van der Waals surface area contributed by atoms with E-state index in [1.54, 1.807) is 0 Å². The van der Waals surface area contributed by atoms with Gasteiger partial charge in [0.1, 0.15) is 0 Å². The number of allylic oxidation sites excluding steroid dienone is 1. The fourth-order valence-corrected chi connectivity index (χ4v) is 2.52. The van der Waals surface area contributed by atoms with Crippen molar-refractivity contribution in [2.24, 2.45) is 0 Å². The van der Waals surface area contributed by atoms with Gasteiger partial charge in [-0.15, -0.1) is 0 Å². The summed E-state index contributed by atoms with van der Waals surface area (Å²) in [6.07, 6.45) is 19.5. The molecule has 0 atom stereocenters. The first-order valence-corrected chi connectivity index (χ1v) is 8.47. The van der Waals surface area contributed by atoms with Crippen molar-refractivity contribution in [2.45, 2.75) is 104 Å². The van der Waals surface area contributed by atoms with E-state index in [0.29, 0.717) is 0 Å². The molecule has 0 saturated carbocycles. The van der Waals surface area contributed by atoms with Crippen molar-refractivity contribution in [3.63, 3.8) is 0 Å². The first kappa shape index (κ1) is 17.7. The van der Waals surface area contributed by atoms with Crippen LogP contribution in [0.25, 0.3) is 0 Å². The summed E-state index contributed by atoms with van der Waals surface area (Å²) in [4.78, 5) is 0. The normalized spacial score (nSPS) is 10.8. The minimum absolute atomic E-state index is 1.23. The molecule has 108 valence electrons. The SMILES string of the molecule is C=C(CCC)CCCCCCCCCCCCC. The van der Waals surface area contributed by atoms with Crippen molar-refractivity contribution in [3.05, 3.63) is 12.2 Å². The second-order valence-electron chi connectivity index (χ2n) is 5.79. The summed E-state index contributed by atoms with van der Waals surface area (Å²) < 4.78 is 0. The summed E-state index contributed by atoms with van der Waals surface area (Å²) >= 11 is 0. The average molecular weight is 252 g/mol. The predicted molar refractivity (Wildman–Crippen MR) is 85.1 cm³/mol. The molecular weight excluding hydrogens is 216 g/mol. The quantitative estimate of drug-likeness (QED) is 0.230. The molecule has 0 aliphatic carbocycles. The molecule has 0 aromatic rings. The Bertz CT molecular complexity index is 169. The molecule has 0 spiro atoms. The highest BCUT2D eigenvalue weighted by Gasteiger charge is 1.95. The first-order chi connectivity index (χ1) is 8.81. The highest BCUT2D eigenvalue weighted by atomic mass is 14.0. The molecule has 0 bridgehead atoms. The third-order valence-electron chi connectivity index (χ3n) is 3.74. The summed E-state index contributed by atoms with van der Waals surface area (Å²) in [7, 11) is 0. The fourth-order valence-electron chi connectivity index (χ4n) is 2.52. The smallest absolute Gasteiger partial charge is 0.0323 e. The number of rotatable bonds is 14.